The van der Waals surface area contributed by atoms with E-state index in [0.717, 1.165) is 36.6 Å². The van der Waals surface area contributed by atoms with E-state index in [2.05, 4.69) is 48.1 Å². The Kier molecular flexibility index (Phi) is 6.50. The maximum Gasteiger partial charge on any atom is 0.151 e. The fraction of sp³-hybridized carbons (Fsp3) is 0.882. The molecule has 1 aliphatic rings. The summed E-state index contributed by atoms with van der Waals surface area (Å²) in [5, 5.41) is 12.1. The van der Waals surface area contributed by atoms with Crippen molar-refractivity contribution in [1.29, 1.82) is 0 Å². The molecule has 0 amide bonds. The number of tetrazole rings is 1. The van der Waals surface area contributed by atoms with Gasteiger partial charge in [-0.3, -0.25) is 0 Å². The Balaban J connectivity index is 1.85. The molecule has 0 unspecified atom stereocenters. The fourth-order valence-electron chi connectivity index (χ4n) is 3.46. The largest absolute Gasteiger partial charge is 0.363 e. The van der Waals surface area contributed by atoms with Crippen LogP contribution in [0.1, 0.15) is 78.5 Å². The van der Waals surface area contributed by atoms with Crippen molar-refractivity contribution < 1.29 is 0 Å². The molecular formula is C17H31N5S. The molecule has 0 spiro atoms. The molecule has 1 aliphatic carbocycles. The van der Waals surface area contributed by atoms with E-state index in [4.69, 9.17) is 12.2 Å². The van der Waals surface area contributed by atoms with Crippen LogP contribution in [0.15, 0.2) is 0 Å². The summed E-state index contributed by atoms with van der Waals surface area (Å²) in [6.45, 7) is 9.63. The highest BCUT2D eigenvalue weighted by Gasteiger charge is 2.22. The molecule has 0 bridgehead atoms. The van der Waals surface area contributed by atoms with Crippen LogP contribution in [0.2, 0.25) is 0 Å². The van der Waals surface area contributed by atoms with Crippen LogP contribution in [-0.4, -0.2) is 42.7 Å². The highest BCUT2D eigenvalue weighted by molar-refractivity contribution is 7.80. The van der Waals surface area contributed by atoms with Gasteiger partial charge in [0, 0.05) is 19.0 Å². The number of nitrogens with zero attached hydrogens (tertiary/aromatic N) is 5. The lowest BCUT2D eigenvalue weighted by molar-refractivity contribution is 0.251. The Hall–Kier alpha value is -1.04. The third-order valence-corrected chi connectivity index (χ3v) is 5.08. The average Bonchev–Trinajstić information content (AvgIpc) is 2.98. The van der Waals surface area contributed by atoms with Crippen LogP contribution in [0.4, 0.5) is 0 Å². The second kappa shape index (κ2) is 8.18. The first-order valence-corrected chi connectivity index (χ1v) is 9.41. The molecule has 1 fully saturated rings. The van der Waals surface area contributed by atoms with E-state index in [1.165, 1.54) is 32.1 Å². The lowest BCUT2D eigenvalue weighted by Crippen LogP contribution is -2.40. The molecule has 1 aromatic rings. The summed E-state index contributed by atoms with van der Waals surface area (Å²) in [6, 6.07) is 0.668. The highest BCUT2D eigenvalue weighted by Crippen LogP contribution is 2.24. The van der Waals surface area contributed by atoms with Crippen molar-refractivity contribution >= 4 is 17.2 Å². The number of rotatable bonds is 6. The van der Waals surface area contributed by atoms with Crippen LogP contribution in [-0.2, 0) is 12.0 Å². The van der Waals surface area contributed by atoms with Crippen molar-refractivity contribution in [3.8, 4) is 0 Å². The van der Waals surface area contributed by atoms with Gasteiger partial charge >= 0.3 is 0 Å². The molecule has 5 nitrogen and oxygen atoms in total. The van der Waals surface area contributed by atoms with E-state index in [1.54, 1.807) is 0 Å². The lowest BCUT2D eigenvalue weighted by Gasteiger charge is -2.35. The van der Waals surface area contributed by atoms with E-state index < -0.39 is 0 Å². The Morgan fingerprint density at radius 1 is 1.26 bits per heavy atom. The first-order valence-electron chi connectivity index (χ1n) is 9.00. The zero-order chi connectivity index (χ0) is 16.9. The van der Waals surface area contributed by atoms with Gasteiger partial charge in [0.25, 0.3) is 0 Å². The van der Waals surface area contributed by atoms with Crippen molar-refractivity contribution in [1.82, 2.24) is 25.1 Å². The Bertz CT molecular complexity index is 499. The lowest BCUT2D eigenvalue weighted by atomic mass is 9.94. The molecule has 2 rings (SSSR count). The van der Waals surface area contributed by atoms with Crippen molar-refractivity contribution in [2.45, 2.75) is 90.6 Å². The zero-order valence-corrected chi connectivity index (χ0v) is 15.9. The maximum absolute atomic E-state index is 5.72. The second-order valence-corrected chi connectivity index (χ2v) is 7.97. The van der Waals surface area contributed by atoms with Gasteiger partial charge in [-0.15, -0.1) is 5.10 Å². The van der Waals surface area contributed by atoms with Crippen LogP contribution in [0.25, 0.3) is 0 Å². The molecule has 0 saturated heterocycles. The topological polar surface area (TPSA) is 46.8 Å². The van der Waals surface area contributed by atoms with Gasteiger partial charge < -0.3 is 4.90 Å². The Labute approximate surface area is 145 Å². The molecule has 1 heterocycles. The van der Waals surface area contributed by atoms with Crippen molar-refractivity contribution in [2.24, 2.45) is 0 Å². The minimum atomic E-state index is -0.0725. The molecule has 6 heteroatoms. The van der Waals surface area contributed by atoms with Gasteiger partial charge in [-0.05, 0) is 63.8 Å². The molecular weight excluding hydrogens is 306 g/mol. The summed E-state index contributed by atoms with van der Waals surface area (Å²) >= 11 is 5.72. The summed E-state index contributed by atoms with van der Waals surface area (Å²) in [6.07, 6.45) is 9.54. The van der Waals surface area contributed by atoms with Gasteiger partial charge in [0.15, 0.2) is 5.82 Å². The molecule has 0 radical (unpaired) electrons. The van der Waals surface area contributed by atoms with Crippen molar-refractivity contribution in [2.75, 3.05) is 6.54 Å². The summed E-state index contributed by atoms with van der Waals surface area (Å²) in [5.41, 5.74) is -0.0725. The SMILES string of the molecule is CCN(C(=S)CCCc1nnnn1C(C)(C)C)C1CCCCC1. The second-order valence-electron chi connectivity index (χ2n) is 7.50. The summed E-state index contributed by atoms with van der Waals surface area (Å²) in [5.74, 6) is 0.959. The van der Waals surface area contributed by atoms with Crippen molar-refractivity contribution in [3.05, 3.63) is 5.82 Å². The minimum Gasteiger partial charge on any atom is -0.363 e. The first-order chi connectivity index (χ1) is 10.9. The van der Waals surface area contributed by atoms with Crippen LogP contribution in [0, 0.1) is 0 Å². The third-order valence-electron chi connectivity index (χ3n) is 4.64. The van der Waals surface area contributed by atoms with E-state index in [1.807, 2.05) is 4.68 Å². The van der Waals surface area contributed by atoms with Gasteiger partial charge in [-0.25, -0.2) is 4.68 Å². The highest BCUT2D eigenvalue weighted by atomic mass is 32.1. The van der Waals surface area contributed by atoms with Crippen LogP contribution >= 0.6 is 12.2 Å². The average molecular weight is 338 g/mol. The van der Waals surface area contributed by atoms with Gasteiger partial charge in [0.2, 0.25) is 0 Å². The van der Waals surface area contributed by atoms with Crippen LogP contribution in [0.5, 0.6) is 0 Å². The number of hydrogen-bond acceptors (Lipinski definition) is 4. The van der Waals surface area contributed by atoms with Crippen LogP contribution in [0.3, 0.4) is 0 Å². The summed E-state index contributed by atoms with van der Waals surface area (Å²) < 4.78 is 1.93. The van der Waals surface area contributed by atoms with Gasteiger partial charge in [-0.1, -0.05) is 31.5 Å². The minimum absolute atomic E-state index is 0.0725. The molecule has 1 aromatic heterocycles. The summed E-state index contributed by atoms with van der Waals surface area (Å²) in [7, 11) is 0. The third kappa shape index (κ3) is 4.96. The van der Waals surface area contributed by atoms with Crippen molar-refractivity contribution in [3.63, 3.8) is 0 Å². The molecule has 130 valence electrons. The van der Waals surface area contributed by atoms with Gasteiger partial charge in [-0.2, -0.15) is 0 Å². The Morgan fingerprint density at radius 2 is 1.96 bits per heavy atom. The molecule has 0 N–H and O–H groups in total. The Morgan fingerprint density at radius 3 is 2.57 bits per heavy atom. The normalized spacial score (nSPS) is 16.5. The van der Waals surface area contributed by atoms with Crippen LogP contribution < -0.4 is 0 Å². The molecule has 1 saturated carbocycles. The fourth-order valence-corrected chi connectivity index (χ4v) is 3.88. The number of aromatic nitrogens is 4. The maximum atomic E-state index is 5.72. The number of thiocarbonyl (C=S) groups is 1. The standard InChI is InChI=1S/C17H31N5S/c1-5-21(14-10-7-6-8-11-14)16(23)13-9-12-15-18-19-20-22(15)17(2,3)4/h14H,5-13H2,1-4H3. The van der Waals surface area contributed by atoms with E-state index in [-0.39, 0.29) is 5.54 Å². The molecule has 23 heavy (non-hydrogen) atoms. The first kappa shape index (κ1) is 18.3. The predicted molar refractivity (Wildman–Crippen MR) is 97.6 cm³/mol. The summed E-state index contributed by atoms with van der Waals surface area (Å²) in [4.78, 5) is 3.58. The number of aryl methyl sites for hydroxylation is 1. The monoisotopic (exact) mass is 337 g/mol. The van der Waals surface area contributed by atoms with E-state index >= 15 is 0 Å². The van der Waals surface area contributed by atoms with E-state index in [9.17, 15) is 0 Å². The number of hydrogen-bond donors (Lipinski definition) is 0. The molecule has 0 aromatic carbocycles. The molecule has 0 aliphatic heterocycles. The van der Waals surface area contributed by atoms with Gasteiger partial charge in [0.05, 0.1) is 10.5 Å². The van der Waals surface area contributed by atoms with E-state index in [0.29, 0.717) is 6.04 Å². The molecule has 0 atom stereocenters. The van der Waals surface area contributed by atoms with Gasteiger partial charge in [0.1, 0.15) is 0 Å². The quantitative estimate of drug-likeness (QED) is 0.740. The predicted octanol–water partition coefficient (Wildman–Crippen LogP) is 3.73. The smallest absolute Gasteiger partial charge is 0.151 e. The zero-order valence-electron chi connectivity index (χ0n) is 15.1.